The van der Waals surface area contributed by atoms with Crippen LogP contribution in [0.25, 0.3) is 0 Å². The van der Waals surface area contributed by atoms with E-state index in [1.807, 2.05) is 12.2 Å². The van der Waals surface area contributed by atoms with E-state index in [1.54, 1.807) is 24.3 Å². The molecule has 222 valence electrons. The number of carbonyl (C=O) groups is 5. The molecule has 1 heterocycles. The molecule has 11 heteroatoms. The number of allylic oxidation sites excluding steroid dienone is 2. The van der Waals surface area contributed by atoms with E-state index < -0.39 is 47.9 Å². The lowest BCUT2D eigenvalue weighted by atomic mass is 9.63. The maximum Gasteiger partial charge on any atom is 0.343 e. The number of amides is 3. The van der Waals surface area contributed by atoms with Crippen molar-refractivity contribution in [3.63, 3.8) is 0 Å². The molecule has 3 amide bonds. The standard InChI is InChI=1S/C33H23BrCl2N2O6/c34-19-6-1-17(2-7-19)33(43)44-20-8-3-16(4-9-20)27(39)15-37(30(40)18-5-12-25(35)26(36)13-18)38-31(41)28-21-10-11-22(24-14-23(21)24)29(28)32(38)42/h1-13,21-24,28-29H,14-15H2/t21-,22-,23-,24-,28+,29+/m0/s1. The van der Waals surface area contributed by atoms with Gasteiger partial charge in [0.2, 0.25) is 0 Å². The molecule has 5 aliphatic rings. The second-order valence-electron chi connectivity index (χ2n) is 11.5. The smallest absolute Gasteiger partial charge is 0.343 e. The van der Waals surface area contributed by atoms with Gasteiger partial charge >= 0.3 is 5.97 Å². The number of Topliss-reactive ketones (excluding diaryl/α,β-unsaturated/α-hetero) is 1. The van der Waals surface area contributed by atoms with Gasteiger partial charge in [-0.15, -0.1) is 0 Å². The maximum atomic E-state index is 13.9. The fourth-order valence-corrected chi connectivity index (χ4v) is 7.44. The number of hydrazine groups is 1. The number of hydrogen-bond acceptors (Lipinski definition) is 6. The molecular weight excluding hydrogens is 671 g/mol. The molecule has 3 aromatic rings. The number of rotatable bonds is 7. The Morgan fingerprint density at radius 1 is 0.795 bits per heavy atom. The first-order chi connectivity index (χ1) is 21.1. The van der Waals surface area contributed by atoms with Crippen molar-refractivity contribution in [3.05, 3.63) is 110 Å². The van der Waals surface area contributed by atoms with E-state index in [4.69, 9.17) is 27.9 Å². The van der Waals surface area contributed by atoms with E-state index in [9.17, 15) is 24.0 Å². The largest absolute Gasteiger partial charge is 0.423 e. The molecule has 4 aliphatic carbocycles. The zero-order valence-corrected chi connectivity index (χ0v) is 26.0. The van der Waals surface area contributed by atoms with Gasteiger partial charge in [0.05, 0.1) is 27.4 Å². The Morgan fingerprint density at radius 3 is 1.95 bits per heavy atom. The Bertz CT molecular complexity index is 1740. The van der Waals surface area contributed by atoms with Crippen LogP contribution in [0.1, 0.15) is 37.5 Å². The quantitative estimate of drug-likeness (QED) is 0.0951. The highest BCUT2D eigenvalue weighted by Gasteiger charge is 2.68. The van der Waals surface area contributed by atoms with E-state index in [0.29, 0.717) is 17.4 Å². The van der Waals surface area contributed by atoms with E-state index in [0.717, 1.165) is 20.9 Å². The molecule has 3 aromatic carbocycles. The molecule has 2 saturated carbocycles. The SMILES string of the molecule is O=C(CN(C(=O)c1ccc(Cl)c(Cl)c1)N1C(=O)[C@@H]2[C@H]3C=C[C@@H]([C@@H]4C[C@@H]34)[C@H]2C1=O)c1ccc(OC(=O)c2ccc(Br)cc2)cc1. The molecule has 6 atom stereocenters. The number of halogens is 3. The Balaban J connectivity index is 1.15. The summed E-state index contributed by atoms with van der Waals surface area (Å²) >= 11 is 15.6. The van der Waals surface area contributed by atoms with Crippen molar-refractivity contribution in [2.45, 2.75) is 6.42 Å². The van der Waals surface area contributed by atoms with Crippen molar-refractivity contribution in [1.82, 2.24) is 10.0 Å². The molecule has 8 rings (SSSR count). The van der Waals surface area contributed by atoms with Crippen molar-refractivity contribution in [3.8, 4) is 5.75 Å². The summed E-state index contributed by atoms with van der Waals surface area (Å²) in [4.78, 5) is 67.7. The fraction of sp³-hybridized carbons (Fsp3) is 0.242. The van der Waals surface area contributed by atoms with Gasteiger partial charge in [-0.05, 0) is 96.8 Å². The van der Waals surface area contributed by atoms with Crippen molar-refractivity contribution in [2.24, 2.45) is 35.5 Å². The molecule has 0 unspecified atom stereocenters. The van der Waals surface area contributed by atoms with Gasteiger partial charge in [-0.25, -0.2) is 9.80 Å². The topological polar surface area (TPSA) is 101 Å². The first kappa shape index (κ1) is 29.0. The summed E-state index contributed by atoms with van der Waals surface area (Å²) in [5, 5.41) is 2.15. The minimum atomic E-state index is -0.734. The average Bonchev–Trinajstić information content (AvgIpc) is 3.80. The summed E-state index contributed by atoms with van der Waals surface area (Å²) in [5.41, 5.74) is 0.618. The summed E-state index contributed by atoms with van der Waals surface area (Å²) < 4.78 is 6.24. The minimum absolute atomic E-state index is 0.0539. The summed E-state index contributed by atoms with van der Waals surface area (Å²) in [6.07, 6.45) is 5.07. The van der Waals surface area contributed by atoms with Crippen LogP contribution in [0.5, 0.6) is 5.75 Å². The monoisotopic (exact) mass is 692 g/mol. The van der Waals surface area contributed by atoms with Crippen LogP contribution in [0.3, 0.4) is 0 Å². The van der Waals surface area contributed by atoms with E-state index in [2.05, 4.69) is 15.9 Å². The maximum absolute atomic E-state index is 13.9. The second-order valence-corrected chi connectivity index (χ2v) is 13.2. The summed E-state index contributed by atoms with van der Waals surface area (Å²) in [6.45, 7) is -0.580. The number of imide groups is 1. The van der Waals surface area contributed by atoms with Gasteiger partial charge in [0, 0.05) is 15.6 Å². The Hall–Kier alpha value is -3.79. The van der Waals surface area contributed by atoms with Crippen LogP contribution in [0.4, 0.5) is 0 Å². The van der Waals surface area contributed by atoms with Crippen molar-refractivity contribution in [2.75, 3.05) is 6.54 Å². The molecule has 0 radical (unpaired) electrons. The number of carbonyl (C=O) groups excluding carboxylic acids is 5. The van der Waals surface area contributed by atoms with Gasteiger partial charge < -0.3 is 4.74 Å². The molecule has 3 fully saturated rings. The Kier molecular flexibility index (Phi) is 7.22. The van der Waals surface area contributed by atoms with Crippen molar-refractivity contribution >= 4 is 68.6 Å². The van der Waals surface area contributed by atoms with Crippen molar-refractivity contribution in [1.29, 1.82) is 0 Å². The van der Waals surface area contributed by atoms with Gasteiger partial charge in [0.15, 0.2) is 5.78 Å². The van der Waals surface area contributed by atoms with Crippen LogP contribution in [0.15, 0.2) is 83.4 Å². The van der Waals surface area contributed by atoms with Gasteiger partial charge in [-0.3, -0.25) is 19.2 Å². The van der Waals surface area contributed by atoms with Crippen LogP contribution in [0.2, 0.25) is 10.0 Å². The van der Waals surface area contributed by atoms with Gasteiger partial charge in [0.1, 0.15) is 12.3 Å². The second kappa shape index (κ2) is 11.0. The first-order valence-electron chi connectivity index (χ1n) is 14.1. The predicted octanol–water partition coefficient (Wildman–Crippen LogP) is 6.27. The number of esters is 1. The third kappa shape index (κ3) is 4.87. The number of ketones is 1. The van der Waals surface area contributed by atoms with Crippen LogP contribution in [-0.4, -0.2) is 46.0 Å². The highest BCUT2D eigenvalue weighted by Crippen LogP contribution is 2.65. The van der Waals surface area contributed by atoms with E-state index in [1.165, 1.54) is 42.5 Å². The normalized spacial score (nSPS) is 25.8. The third-order valence-corrected chi connectivity index (χ3v) is 10.3. The molecule has 0 spiro atoms. The highest BCUT2D eigenvalue weighted by atomic mass is 79.9. The lowest BCUT2D eigenvalue weighted by Crippen LogP contribution is -2.52. The Morgan fingerprint density at radius 2 is 1.36 bits per heavy atom. The highest BCUT2D eigenvalue weighted by molar-refractivity contribution is 9.10. The zero-order chi connectivity index (χ0) is 30.9. The predicted molar refractivity (Wildman–Crippen MR) is 164 cm³/mol. The minimum Gasteiger partial charge on any atom is -0.423 e. The molecule has 2 bridgehead atoms. The van der Waals surface area contributed by atoms with Crippen LogP contribution >= 0.6 is 39.1 Å². The molecule has 8 nitrogen and oxygen atoms in total. The van der Waals surface area contributed by atoms with Gasteiger partial charge in [-0.2, -0.15) is 5.01 Å². The van der Waals surface area contributed by atoms with Gasteiger partial charge in [0.25, 0.3) is 17.7 Å². The molecule has 1 aliphatic heterocycles. The summed E-state index contributed by atoms with van der Waals surface area (Å²) in [7, 11) is 0. The van der Waals surface area contributed by atoms with E-state index >= 15 is 0 Å². The van der Waals surface area contributed by atoms with E-state index in [-0.39, 0.29) is 38.8 Å². The lowest BCUT2D eigenvalue weighted by Gasteiger charge is -2.37. The third-order valence-electron chi connectivity index (χ3n) is 9.04. The van der Waals surface area contributed by atoms with Crippen LogP contribution in [-0.2, 0) is 9.59 Å². The number of hydrogen-bond donors (Lipinski definition) is 0. The number of benzene rings is 3. The van der Waals surface area contributed by atoms with Crippen LogP contribution in [0, 0.1) is 35.5 Å². The van der Waals surface area contributed by atoms with Crippen molar-refractivity contribution < 1.29 is 28.7 Å². The molecule has 0 aromatic heterocycles. The molecule has 44 heavy (non-hydrogen) atoms. The molecule has 1 saturated heterocycles. The van der Waals surface area contributed by atoms with Gasteiger partial charge in [-0.1, -0.05) is 51.3 Å². The fourth-order valence-electron chi connectivity index (χ4n) is 6.88. The number of ether oxygens (including phenoxy) is 1. The lowest BCUT2D eigenvalue weighted by molar-refractivity contribution is -0.154. The summed E-state index contributed by atoms with van der Waals surface area (Å²) in [5.74, 6) is -3.02. The molecule has 0 N–H and O–H groups in total. The first-order valence-corrected chi connectivity index (χ1v) is 15.6. The Labute approximate surface area is 270 Å². The zero-order valence-electron chi connectivity index (χ0n) is 22.9. The molecular formula is C33H23BrCl2N2O6. The summed E-state index contributed by atoms with van der Waals surface area (Å²) in [6, 6.07) is 16.7. The average molecular weight is 694 g/mol. The number of nitrogens with zero attached hydrogens (tertiary/aromatic N) is 2. The van der Waals surface area contributed by atoms with Crippen LogP contribution < -0.4 is 4.74 Å².